The zero-order chi connectivity index (χ0) is 24.4. The lowest BCUT2D eigenvalue weighted by Crippen LogP contribution is -2.42. The van der Waals surface area contributed by atoms with E-state index in [1.807, 2.05) is 37.3 Å². The van der Waals surface area contributed by atoms with Gasteiger partial charge >= 0.3 is 0 Å². The Labute approximate surface area is 208 Å². The van der Waals surface area contributed by atoms with Crippen molar-refractivity contribution < 1.29 is 9.84 Å². The highest BCUT2D eigenvalue weighted by atomic mass is 35.5. The van der Waals surface area contributed by atoms with Crippen molar-refractivity contribution in [3.05, 3.63) is 60.0 Å². The van der Waals surface area contributed by atoms with Crippen molar-refractivity contribution in [3.8, 4) is 5.75 Å². The molecule has 5 rings (SSSR count). The van der Waals surface area contributed by atoms with E-state index in [-0.39, 0.29) is 0 Å². The van der Waals surface area contributed by atoms with Gasteiger partial charge in [-0.25, -0.2) is 9.97 Å². The second-order valence-electron chi connectivity index (χ2n) is 8.81. The molecule has 0 radical (unpaired) electrons. The number of aliphatic hydroxyl groups is 1. The number of fused-ring (bicyclic) bond motifs is 1. The molecule has 0 aliphatic carbocycles. The smallest absolute Gasteiger partial charge is 0.229 e. The van der Waals surface area contributed by atoms with E-state index >= 15 is 0 Å². The zero-order valence-corrected chi connectivity index (χ0v) is 20.3. The van der Waals surface area contributed by atoms with Gasteiger partial charge in [0.1, 0.15) is 5.82 Å². The lowest BCUT2D eigenvalue weighted by molar-refractivity contribution is 0.0349. The Kier molecular flexibility index (Phi) is 6.27. The van der Waals surface area contributed by atoms with Gasteiger partial charge in [0.15, 0.2) is 11.6 Å². The topological polar surface area (TPSA) is 108 Å². The maximum atomic E-state index is 10.2. The molecule has 3 aromatic heterocycles. The van der Waals surface area contributed by atoms with Gasteiger partial charge in [0.2, 0.25) is 5.95 Å². The van der Waals surface area contributed by atoms with Gasteiger partial charge in [-0.15, -0.1) is 0 Å². The average Bonchev–Trinajstić information content (AvgIpc) is 2.84. The molecule has 4 aromatic rings. The van der Waals surface area contributed by atoms with Crippen LogP contribution in [-0.4, -0.2) is 50.8 Å². The fourth-order valence-corrected chi connectivity index (χ4v) is 4.21. The standard InChI is InChI=1S/C25H26ClN7O2/c1-25(34)6-9-33(10-7-25)23-21(35-2)13-19(15-29-23)31-24-27-8-5-22(32-24)30-18-12-16-11-17(26)3-4-20(16)28-14-18/h3-5,8,11-15,34H,6-7,9-10H2,1-2H3,(H2,27,30,31,32). The molecule has 0 atom stereocenters. The molecule has 9 nitrogen and oxygen atoms in total. The Morgan fingerprint density at radius 2 is 1.77 bits per heavy atom. The Bertz CT molecular complexity index is 1350. The lowest BCUT2D eigenvalue weighted by atomic mass is 9.94. The Morgan fingerprint density at radius 1 is 1.00 bits per heavy atom. The number of pyridine rings is 2. The van der Waals surface area contributed by atoms with Crippen LogP contribution in [-0.2, 0) is 0 Å². The molecule has 0 amide bonds. The second kappa shape index (κ2) is 9.52. The van der Waals surface area contributed by atoms with Crippen molar-refractivity contribution >= 4 is 51.5 Å². The minimum Gasteiger partial charge on any atom is -0.493 e. The number of anilines is 5. The highest BCUT2D eigenvalue weighted by Gasteiger charge is 2.29. The van der Waals surface area contributed by atoms with E-state index in [0.717, 1.165) is 35.5 Å². The Hall–Kier alpha value is -3.69. The molecule has 0 saturated carbocycles. The summed E-state index contributed by atoms with van der Waals surface area (Å²) in [5, 5.41) is 18.3. The molecule has 3 N–H and O–H groups in total. The van der Waals surface area contributed by atoms with Crippen molar-refractivity contribution in [1.82, 2.24) is 19.9 Å². The summed E-state index contributed by atoms with van der Waals surface area (Å²) in [6, 6.07) is 11.2. The van der Waals surface area contributed by atoms with Crippen LogP contribution < -0.4 is 20.3 Å². The van der Waals surface area contributed by atoms with E-state index in [4.69, 9.17) is 16.3 Å². The summed E-state index contributed by atoms with van der Waals surface area (Å²) in [4.78, 5) is 20.1. The summed E-state index contributed by atoms with van der Waals surface area (Å²) in [6.45, 7) is 3.31. The molecule has 180 valence electrons. The monoisotopic (exact) mass is 491 g/mol. The minimum atomic E-state index is -0.627. The van der Waals surface area contributed by atoms with Crippen LogP contribution in [0.25, 0.3) is 10.9 Å². The van der Waals surface area contributed by atoms with Crippen molar-refractivity contribution in [2.45, 2.75) is 25.4 Å². The minimum absolute atomic E-state index is 0.414. The summed E-state index contributed by atoms with van der Waals surface area (Å²) in [5.74, 6) is 2.43. The number of benzene rings is 1. The second-order valence-corrected chi connectivity index (χ2v) is 9.25. The van der Waals surface area contributed by atoms with Crippen LogP contribution >= 0.6 is 11.6 Å². The van der Waals surface area contributed by atoms with E-state index in [0.29, 0.717) is 41.1 Å². The predicted octanol–water partition coefficient (Wildman–Crippen LogP) is 4.92. The maximum absolute atomic E-state index is 10.2. The highest BCUT2D eigenvalue weighted by molar-refractivity contribution is 6.31. The number of piperidine rings is 1. The third-order valence-corrected chi connectivity index (χ3v) is 6.26. The van der Waals surface area contributed by atoms with E-state index in [9.17, 15) is 5.11 Å². The number of halogens is 1. The Balaban J connectivity index is 1.31. The fourth-order valence-electron chi connectivity index (χ4n) is 4.03. The van der Waals surface area contributed by atoms with Gasteiger partial charge in [0.25, 0.3) is 0 Å². The van der Waals surface area contributed by atoms with Crippen molar-refractivity contribution in [3.63, 3.8) is 0 Å². The van der Waals surface area contributed by atoms with Gasteiger partial charge in [-0.2, -0.15) is 4.98 Å². The zero-order valence-electron chi connectivity index (χ0n) is 19.5. The third kappa shape index (κ3) is 5.36. The fraction of sp³-hybridized carbons (Fsp3) is 0.280. The van der Waals surface area contributed by atoms with Crippen molar-refractivity contribution in [1.29, 1.82) is 0 Å². The van der Waals surface area contributed by atoms with Crippen LogP contribution in [0.4, 0.5) is 29.0 Å². The van der Waals surface area contributed by atoms with Crippen molar-refractivity contribution in [2.24, 2.45) is 0 Å². The number of hydrogen-bond donors (Lipinski definition) is 3. The van der Waals surface area contributed by atoms with Crippen LogP contribution in [0.1, 0.15) is 19.8 Å². The van der Waals surface area contributed by atoms with Crippen molar-refractivity contribution in [2.75, 3.05) is 35.7 Å². The third-order valence-electron chi connectivity index (χ3n) is 6.02. The van der Waals surface area contributed by atoms with Gasteiger partial charge in [0.05, 0.1) is 42.0 Å². The summed E-state index contributed by atoms with van der Waals surface area (Å²) < 4.78 is 5.60. The molecule has 1 aliphatic rings. The predicted molar refractivity (Wildman–Crippen MR) is 138 cm³/mol. The first-order chi connectivity index (χ1) is 16.9. The molecule has 0 bridgehead atoms. The first kappa shape index (κ1) is 23.1. The number of hydrogen-bond acceptors (Lipinski definition) is 9. The largest absolute Gasteiger partial charge is 0.493 e. The molecule has 35 heavy (non-hydrogen) atoms. The van der Waals surface area contributed by atoms with Gasteiger partial charge < -0.3 is 25.4 Å². The lowest BCUT2D eigenvalue weighted by Gasteiger charge is -2.36. The summed E-state index contributed by atoms with van der Waals surface area (Å²) in [7, 11) is 1.62. The normalized spacial score (nSPS) is 15.1. The molecule has 10 heteroatoms. The maximum Gasteiger partial charge on any atom is 0.229 e. The van der Waals surface area contributed by atoms with Crippen LogP contribution in [0.2, 0.25) is 5.02 Å². The number of methoxy groups -OCH3 is 1. The number of ether oxygens (including phenoxy) is 1. The van der Waals surface area contributed by atoms with E-state index in [2.05, 4.69) is 35.5 Å². The number of aromatic nitrogens is 4. The first-order valence-corrected chi connectivity index (χ1v) is 11.7. The highest BCUT2D eigenvalue weighted by Crippen LogP contribution is 2.33. The quantitative estimate of drug-likeness (QED) is 0.346. The van der Waals surface area contributed by atoms with Crippen LogP contribution in [0.15, 0.2) is 55.0 Å². The summed E-state index contributed by atoms with van der Waals surface area (Å²) in [6.07, 6.45) is 6.52. The van der Waals surface area contributed by atoms with Gasteiger partial charge in [-0.1, -0.05) is 11.6 Å². The molecular weight excluding hydrogens is 466 g/mol. The molecule has 0 spiro atoms. The van der Waals surface area contributed by atoms with Gasteiger partial charge in [-0.3, -0.25) is 4.98 Å². The molecule has 0 unspecified atom stereocenters. The molecule has 1 aromatic carbocycles. The molecule has 4 heterocycles. The van der Waals surface area contributed by atoms with E-state index in [1.165, 1.54) is 0 Å². The van der Waals surface area contributed by atoms with Gasteiger partial charge in [-0.05, 0) is 50.1 Å². The van der Waals surface area contributed by atoms with Gasteiger partial charge in [0, 0.05) is 35.8 Å². The molecule has 1 aliphatic heterocycles. The Morgan fingerprint density at radius 3 is 2.57 bits per heavy atom. The van der Waals surface area contributed by atoms with Crippen LogP contribution in [0.3, 0.4) is 0 Å². The number of nitrogens with zero attached hydrogens (tertiary/aromatic N) is 5. The molecule has 1 fully saturated rings. The molecule has 1 saturated heterocycles. The number of rotatable bonds is 6. The first-order valence-electron chi connectivity index (χ1n) is 11.3. The van der Waals surface area contributed by atoms with Crippen LogP contribution in [0.5, 0.6) is 5.75 Å². The van der Waals surface area contributed by atoms with E-state index in [1.54, 1.807) is 31.8 Å². The number of nitrogens with one attached hydrogen (secondary N) is 2. The van der Waals surface area contributed by atoms with E-state index < -0.39 is 5.60 Å². The average molecular weight is 492 g/mol. The van der Waals surface area contributed by atoms with Crippen LogP contribution in [0, 0.1) is 0 Å². The summed E-state index contributed by atoms with van der Waals surface area (Å²) in [5.41, 5.74) is 1.73. The SMILES string of the molecule is COc1cc(Nc2nccc(Nc3cnc4ccc(Cl)cc4c3)n2)cnc1N1CCC(C)(O)CC1. The summed E-state index contributed by atoms with van der Waals surface area (Å²) >= 11 is 6.11. The molecular formula is C25H26ClN7O2.